The van der Waals surface area contributed by atoms with Crippen LogP contribution in [0.1, 0.15) is 18.1 Å². The highest BCUT2D eigenvalue weighted by molar-refractivity contribution is 8.00. The minimum Gasteiger partial charge on any atom is -0.440 e. The Morgan fingerprint density at radius 1 is 0.960 bits per heavy atom. The maximum Gasteiger partial charge on any atom is 0.340 e. The van der Waals surface area contributed by atoms with E-state index in [9.17, 15) is 13.2 Å². The molecule has 3 rings (SSSR count). The zero-order chi connectivity index (χ0) is 18.2. The molecule has 1 aliphatic rings. The van der Waals surface area contributed by atoms with Gasteiger partial charge in [-0.3, -0.25) is 0 Å². The van der Waals surface area contributed by atoms with Crippen LogP contribution >= 0.6 is 11.8 Å². The van der Waals surface area contributed by atoms with Crippen molar-refractivity contribution >= 4 is 38.7 Å². The first-order valence-electron chi connectivity index (χ1n) is 7.65. The molecule has 2 aromatic carbocycles. The van der Waals surface area contributed by atoms with Crippen LogP contribution in [-0.4, -0.2) is 31.8 Å². The number of ether oxygens (including phenoxy) is 1. The molecule has 0 saturated carbocycles. The van der Waals surface area contributed by atoms with Gasteiger partial charge in [0, 0.05) is 11.8 Å². The summed E-state index contributed by atoms with van der Waals surface area (Å²) in [5.41, 5.74) is 2.84. The lowest BCUT2D eigenvalue weighted by Crippen LogP contribution is -2.22. The smallest absolute Gasteiger partial charge is 0.340 e. The molecule has 130 valence electrons. The van der Waals surface area contributed by atoms with Gasteiger partial charge in [-0.15, -0.1) is 11.8 Å². The van der Waals surface area contributed by atoms with E-state index in [4.69, 9.17) is 4.74 Å². The van der Waals surface area contributed by atoms with Gasteiger partial charge < -0.3 is 4.74 Å². The van der Waals surface area contributed by atoms with E-state index in [0.717, 1.165) is 16.7 Å². The standard InChI is InChI=1S/C19H18O4S2/c1-19(24-2)17(14-9-11-15(12-10-14)25(3,21)22)16(18(20)23-19)13-7-5-4-6-8-13/h4-12H,1-3H3. The molecule has 1 atom stereocenters. The summed E-state index contributed by atoms with van der Waals surface area (Å²) in [6.45, 7) is 1.85. The normalized spacial score (nSPS) is 20.7. The van der Waals surface area contributed by atoms with Gasteiger partial charge >= 0.3 is 5.97 Å². The molecule has 6 heteroatoms. The molecule has 0 fully saturated rings. The van der Waals surface area contributed by atoms with Gasteiger partial charge in [-0.05, 0) is 36.4 Å². The first-order chi connectivity index (χ1) is 11.8. The quantitative estimate of drug-likeness (QED) is 0.765. The largest absolute Gasteiger partial charge is 0.440 e. The Morgan fingerprint density at radius 2 is 1.56 bits per heavy atom. The Labute approximate surface area is 151 Å². The van der Waals surface area contributed by atoms with Crippen LogP contribution in [0.3, 0.4) is 0 Å². The molecule has 0 bridgehead atoms. The van der Waals surface area contributed by atoms with Crippen LogP contribution in [0.25, 0.3) is 11.1 Å². The molecule has 0 radical (unpaired) electrons. The summed E-state index contributed by atoms with van der Waals surface area (Å²) in [5, 5.41) is 0. The van der Waals surface area contributed by atoms with Crippen molar-refractivity contribution in [3.8, 4) is 0 Å². The van der Waals surface area contributed by atoms with E-state index >= 15 is 0 Å². The van der Waals surface area contributed by atoms with Crippen molar-refractivity contribution < 1.29 is 17.9 Å². The van der Waals surface area contributed by atoms with E-state index in [-0.39, 0.29) is 10.9 Å². The summed E-state index contributed by atoms with van der Waals surface area (Å²) in [5.74, 6) is -0.370. The van der Waals surface area contributed by atoms with Crippen LogP contribution in [0.5, 0.6) is 0 Å². The number of hydrogen-bond acceptors (Lipinski definition) is 5. The van der Waals surface area contributed by atoms with Gasteiger partial charge in [0.1, 0.15) is 0 Å². The van der Waals surface area contributed by atoms with Crippen molar-refractivity contribution in [3.05, 3.63) is 65.7 Å². The number of cyclic esters (lactones) is 1. The van der Waals surface area contributed by atoms with Gasteiger partial charge in [0.25, 0.3) is 0 Å². The Balaban J connectivity index is 2.23. The van der Waals surface area contributed by atoms with Gasteiger partial charge in [0.05, 0.1) is 10.5 Å². The topological polar surface area (TPSA) is 60.4 Å². The Hall–Kier alpha value is -2.05. The molecule has 2 aromatic rings. The van der Waals surface area contributed by atoms with E-state index in [1.165, 1.54) is 18.0 Å². The number of benzene rings is 2. The lowest BCUT2D eigenvalue weighted by molar-refractivity contribution is -0.138. The van der Waals surface area contributed by atoms with E-state index in [1.54, 1.807) is 24.3 Å². The second-order valence-electron chi connectivity index (χ2n) is 5.95. The summed E-state index contributed by atoms with van der Waals surface area (Å²) in [4.78, 5) is 12.0. The minimum atomic E-state index is -3.27. The first kappa shape index (κ1) is 17.8. The first-order valence-corrected chi connectivity index (χ1v) is 10.8. The van der Waals surface area contributed by atoms with Crippen molar-refractivity contribution in [2.24, 2.45) is 0 Å². The van der Waals surface area contributed by atoms with Crippen LogP contribution in [0.15, 0.2) is 59.5 Å². The van der Waals surface area contributed by atoms with Gasteiger partial charge in [0.2, 0.25) is 0 Å². The van der Waals surface area contributed by atoms with Crippen molar-refractivity contribution in [2.75, 3.05) is 12.5 Å². The summed E-state index contributed by atoms with van der Waals surface area (Å²) < 4.78 is 29.0. The zero-order valence-corrected chi connectivity index (χ0v) is 15.8. The summed E-state index contributed by atoms with van der Waals surface area (Å²) in [6, 6.07) is 15.9. The van der Waals surface area contributed by atoms with Crippen molar-refractivity contribution in [3.63, 3.8) is 0 Å². The van der Waals surface area contributed by atoms with E-state index in [2.05, 4.69) is 0 Å². The highest BCUT2D eigenvalue weighted by atomic mass is 32.2. The van der Waals surface area contributed by atoms with Gasteiger partial charge in [0.15, 0.2) is 14.8 Å². The molecule has 0 aliphatic carbocycles. The molecule has 0 N–H and O–H groups in total. The van der Waals surface area contributed by atoms with Crippen molar-refractivity contribution in [2.45, 2.75) is 16.8 Å². The van der Waals surface area contributed by atoms with Gasteiger partial charge in [-0.1, -0.05) is 42.5 Å². The molecule has 1 aliphatic heterocycles. The summed E-state index contributed by atoms with van der Waals surface area (Å²) in [6.07, 6.45) is 3.05. The Bertz CT molecular complexity index is 945. The number of carbonyl (C=O) groups excluding carboxylic acids is 1. The second-order valence-corrected chi connectivity index (χ2v) is 9.15. The molecular formula is C19H18O4S2. The zero-order valence-electron chi connectivity index (χ0n) is 14.1. The molecule has 0 saturated heterocycles. The third-order valence-electron chi connectivity index (χ3n) is 4.22. The maximum atomic E-state index is 12.6. The van der Waals surface area contributed by atoms with Gasteiger partial charge in [-0.25, -0.2) is 13.2 Å². The summed E-state index contributed by atoms with van der Waals surface area (Å²) >= 11 is 1.43. The van der Waals surface area contributed by atoms with E-state index in [0.29, 0.717) is 5.57 Å². The fourth-order valence-electron chi connectivity index (χ4n) is 2.89. The number of sulfone groups is 1. The van der Waals surface area contributed by atoms with Crippen molar-refractivity contribution in [1.82, 2.24) is 0 Å². The van der Waals surface area contributed by atoms with Crippen LogP contribution in [0.2, 0.25) is 0 Å². The average Bonchev–Trinajstić information content (AvgIpc) is 2.86. The predicted molar refractivity (Wildman–Crippen MR) is 101 cm³/mol. The summed E-state index contributed by atoms with van der Waals surface area (Å²) in [7, 11) is -3.27. The molecule has 25 heavy (non-hydrogen) atoms. The van der Waals surface area contributed by atoms with Crippen LogP contribution in [-0.2, 0) is 19.4 Å². The Morgan fingerprint density at radius 3 is 2.08 bits per heavy atom. The monoisotopic (exact) mass is 374 g/mol. The van der Waals surface area contributed by atoms with E-state index < -0.39 is 14.8 Å². The molecule has 0 amide bonds. The number of carbonyl (C=O) groups is 1. The SMILES string of the molecule is CSC1(C)OC(=O)C(c2ccccc2)=C1c1ccc(S(C)(=O)=O)cc1. The maximum absolute atomic E-state index is 12.6. The predicted octanol–water partition coefficient (Wildman–Crippen LogP) is 3.64. The molecular weight excluding hydrogens is 356 g/mol. The lowest BCUT2D eigenvalue weighted by atomic mass is 9.93. The molecule has 1 heterocycles. The minimum absolute atomic E-state index is 0.245. The molecule has 4 nitrogen and oxygen atoms in total. The fourth-order valence-corrected chi connectivity index (χ4v) is 4.11. The highest BCUT2D eigenvalue weighted by Crippen LogP contribution is 2.48. The third kappa shape index (κ3) is 3.24. The molecule has 1 unspecified atom stereocenters. The molecule has 0 spiro atoms. The van der Waals surface area contributed by atoms with Crippen LogP contribution in [0, 0.1) is 0 Å². The average molecular weight is 374 g/mol. The lowest BCUT2D eigenvalue weighted by Gasteiger charge is -2.24. The van der Waals surface area contributed by atoms with Crippen LogP contribution in [0.4, 0.5) is 0 Å². The van der Waals surface area contributed by atoms with E-state index in [1.807, 2.05) is 43.5 Å². The number of hydrogen-bond donors (Lipinski definition) is 0. The third-order valence-corrected chi connectivity index (χ3v) is 6.41. The Kier molecular flexibility index (Phi) is 4.51. The highest BCUT2D eigenvalue weighted by Gasteiger charge is 2.44. The number of esters is 1. The van der Waals surface area contributed by atoms with Crippen LogP contribution < -0.4 is 0 Å². The van der Waals surface area contributed by atoms with Gasteiger partial charge in [-0.2, -0.15) is 0 Å². The second kappa shape index (κ2) is 6.35. The fraction of sp³-hybridized carbons (Fsp3) is 0.211. The number of thioether (sulfide) groups is 1. The van der Waals surface area contributed by atoms with Crippen molar-refractivity contribution in [1.29, 1.82) is 0 Å². The molecule has 0 aromatic heterocycles. The number of rotatable bonds is 4.